The van der Waals surface area contributed by atoms with Crippen LogP contribution in [0.25, 0.3) is 22.8 Å². The number of hydrogen-bond acceptors (Lipinski definition) is 4. The monoisotopic (exact) mass is 529 g/mol. The summed E-state index contributed by atoms with van der Waals surface area (Å²) in [7, 11) is 0. The Kier molecular flexibility index (Phi) is 15.3. The molecular weight excluding hydrogens is 478 g/mol. The summed E-state index contributed by atoms with van der Waals surface area (Å²) < 4.78 is 6.51. The van der Waals surface area contributed by atoms with Gasteiger partial charge in [-0.15, -0.1) is 0 Å². The first-order valence-electron chi connectivity index (χ1n) is 15.8. The third kappa shape index (κ3) is 12.3. The van der Waals surface area contributed by atoms with Crippen LogP contribution in [0.3, 0.4) is 0 Å². The van der Waals surface area contributed by atoms with Crippen LogP contribution >= 0.6 is 0 Å². The van der Waals surface area contributed by atoms with Crippen molar-refractivity contribution in [2.24, 2.45) is 5.92 Å². The minimum Gasteiger partial charge on any atom is -0.493 e. The van der Waals surface area contributed by atoms with E-state index in [0.29, 0.717) is 5.92 Å². The molecule has 1 unspecified atom stereocenters. The van der Waals surface area contributed by atoms with E-state index < -0.39 is 0 Å². The molecule has 3 heterocycles. The summed E-state index contributed by atoms with van der Waals surface area (Å²) in [6.07, 6.45) is 25.1. The van der Waals surface area contributed by atoms with Gasteiger partial charge in [-0.1, -0.05) is 116 Å². The lowest BCUT2D eigenvalue weighted by molar-refractivity contribution is 0.224. The average molecular weight is 530 g/mol. The van der Waals surface area contributed by atoms with Gasteiger partial charge in [0, 0.05) is 24.5 Å². The van der Waals surface area contributed by atoms with Crippen LogP contribution in [0.15, 0.2) is 60.9 Å². The van der Waals surface area contributed by atoms with Crippen molar-refractivity contribution in [3.8, 4) is 28.5 Å². The van der Waals surface area contributed by atoms with E-state index in [-0.39, 0.29) is 0 Å². The van der Waals surface area contributed by atoms with E-state index in [2.05, 4.69) is 23.8 Å². The van der Waals surface area contributed by atoms with E-state index in [0.717, 1.165) is 35.1 Å². The molecule has 3 aromatic rings. The molecule has 0 spiro atoms. The van der Waals surface area contributed by atoms with Gasteiger partial charge >= 0.3 is 0 Å². The SMILES string of the molecule is CCCCCCCCCCC(CCCCCCCC)COc1cc(-c2ccccn2)nc(-c2ccccn2)c1. The molecule has 1 atom stereocenters. The fraction of sp³-hybridized carbons (Fsp3) is 0.571. The Labute approximate surface area is 238 Å². The highest BCUT2D eigenvalue weighted by Gasteiger charge is 2.13. The number of rotatable bonds is 21. The molecule has 0 radical (unpaired) electrons. The average Bonchev–Trinajstić information content (AvgIpc) is 2.99. The Balaban J connectivity index is 1.61. The summed E-state index contributed by atoms with van der Waals surface area (Å²) >= 11 is 0. The molecule has 0 saturated carbocycles. The van der Waals surface area contributed by atoms with Crippen molar-refractivity contribution >= 4 is 0 Å². The van der Waals surface area contributed by atoms with Crippen molar-refractivity contribution in [3.05, 3.63) is 60.9 Å². The second-order valence-corrected chi connectivity index (χ2v) is 11.0. The molecule has 39 heavy (non-hydrogen) atoms. The van der Waals surface area contributed by atoms with Gasteiger partial charge in [-0.05, 0) is 43.0 Å². The summed E-state index contributed by atoms with van der Waals surface area (Å²) in [4.78, 5) is 13.9. The summed E-state index contributed by atoms with van der Waals surface area (Å²) in [6.45, 7) is 5.34. The van der Waals surface area contributed by atoms with Gasteiger partial charge in [-0.25, -0.2) is 4.98 Å². The van der Waals surface area contributed by atoms with E-state index in [9.17, 15) is 0 Å². The van der Waals surface area contributed by atoms with Gasteiger partial charge in [0.1, 0.15) is 5.75 Å². The topological polar surface area (TPSA) is 47.9 Å². The van der Waals surface area contributed by atoms with Crippen LogP contribution in [0, 0.1) is 5.92 Å². The Bertz CT molecular complexity index is 951. The van der Waals surface area contributed by atoms with Crippen molar-refractivity contribution in [1.29, 1.82) is 0 Å². The highest BCUT2D eigenvalue weighted by atomic mass is 16.5. The molecule has 3 rings (SSSR count). The quantitative estimate of drug-likeness (QED) is 0.129. The van der Waals surface area contributed by atoms with Gasteiger partial charge in [0.05, 0.1) is 29.4 Å². The maximum atomic E-state index is 6.51. The van der Waals surface area contributed by atoms with Crippen LogP contribution in [-0.4, -0.2) is 21.6 Å². The van der Waals surface area contributed by atoms with Crippen LogP contribution in [0.5, 0.6) is 5.75 Å². The number of unbranched alkanes of at least 4 members (excludes halogenated alkanes) is 12. The molecular formula is C35H51N3O. The molecule has 4 nitrogen and oxygen atoms in total. The number of aromatic nitrogens is 3. The summed E-state index contributed by atoms with van der Waals surface area (Å²) in [6, 6.07) is 15.9. The molecule has 212 valence electrons. The van der Waals surface area contributed by atoms with Crippen molar-refractivity contribution in [2.75, 3.05) is 6.61 Å². The van der Waals surface area contributed by atoms with Crippen LogP contribution in [0.4, 0.5) is 0 Å². The molecule has 0 N–H and O–H groups in total. The Morgan fingerprint density at radius 1 is 0.564 bits per heavy atom. The van der Waals surface area contributed by atoms with Gasteiger partial charge in [0.2, 0.25) is 0 Å². The first kappa shape index (κ1) is 30.8. The van der Waals surface area contributed by atoms with Crippen LogP contribution in [0.1, 0.15) is 117 Å². The van der Waals surface area contributed by atoms with Crippen molar-refractivity contribution in [1.82, 2.24) is 15.0 Å². The number of pyridine rings is 3. The van der Waals surface area contributed by atoms with E-state index in [1.165, 1.54) is 103 Å². The maximum absolute atomic E-state index is 6.51. The lowest BCUT2D eigenvalue weighted by Gasteiger charge is -2.19. The first-order chi connectivity index (χ1) is 19.3. The predicted molar refractivity (Wildman–Crippen MR) is 165 cm³/mol. The lowest BCUT2D eigenvalue weighted by Crippen LogP contribution is -2.13. The van der Waals surface area contributed by atoms with Crippen LogP contribution < -0.4 is 4.74 Å². The molecule has 3 aromatic heterocycles. The molecule has 4 heteroatoms. The van der Waals surface area contributed by atoms with E-state index in [1.54, 1.807) is 0 Å². The highest BCUT2D eigenvalue weighted by molar-refractivity contribution is 5.64. The number of hydrogen-bond donors (Lipinski definition) is 0. The molecule has 0 aromatic carbocycles. The van der Waals surface area contributed by atoms with Gasteiger partial charge in [-0.2, -0.15) is 0 Å². The normalized spacial score (nSPS) is 11.9. The Morgan fingerprint density at radius 3 is 1.46 bits per heavy atom. The smallest absolute Gasteiger partial charge is 0.123 e. The van der Waals surface area contributed by atoms with Gasteiger partial charge < -0.3 is 4.74 Å². The van der Waals surface area contributed by atoms with Gasteiger partial charge in [-0.3, -0.25) is 9.97 Å². The number of ether oxygens (including phenoxy) is 1. The molecule has 0 aliphatic carbocycles. The summed E-state index contributed by atoms with van der Waals surface area (Å²) in [5.74, 6) is 1.45. The van der Waals surface area contributed by atoms with Crippen molar-refractivity contribution in [2.45, 2.75) is 117 Å². The second-order valence-electron chi connectivity index (χ2n) is 11.0. The standard InChI is InChI=1S/C35H51N3O/c1-3-5-7-9-11-12-14-16-22-30(21-15-13-10-8-6-4-2)29-39-31-27-34(32-23-17-19-25-36-32)38-35(28-31)33-24-18-20-26-37-33/h17-20,23-28,30H,3-16,21-22,29H2,1-2H3. The fourth-order valence-corrected chi connectivity index (χ4v) is 5.19. The molecule has 0 saturated heterocycles. The van der Waals surface area contributed by atoms with Crippen LogP contribution in [0.2, 0.25) is 0 Å². The summed E-state index contributed by atoms with van der Waals surface area (Å²) in [5, 5.41) is 0. The van der Waals surface area contributed by atoms with Crippen LogP contribution in [-0.2, 0) is 0 Å². The zero-order valence-corrected chi connectivity index (χ0v) is 24.6. The zero-order chi connectivity index (χ0) is 27.4. The Morgan fingerprint density at radius 2 is 1.03 bits per heavy atom. The van der Waals surface area contributed by atoms with Gasteiger partial charge in [0.15, 0.2) is 0 Å². The third-order valence-electron chi connectivity index (χ3n) is 7.57. The molecule has 0 aliphatic rings. The van der Waals surface area contributed by atoms with Gasteiger partial charge in [0.25, 0.3) is 0 Å². The third-order valence-corrected chi connectivity index (χ3v) is 7.57. The van der Waals surface area contributed by atoms with Crippen molar-refractivity contribution < 1.29 is 4.74 Å². The van der Waals surface area contributed by atoms with E-state index in [4.69, 9.17) is 9.72 Å². The van der Waals surface area contributed by atoms with Crippen molar-refractivity contribution in [3.63, 3.8) is 0 Å². The molecule has 0 fully saturated rings. The maximum Gasteiger partial charge on any atom is 0.123 e. The minimum absolute atomic E-state index is 0.598. The molecule has 0 amide bonds. The first-order valence-corrected chi connectivity index (χ1v) is 15.8. The molecule has 0 aliphatic heterocycles. The molecule has 0 bridgehead atoms. The van der Waals surface area contributed by atoms with E-state index in [1.807, 2.05) is 60.9 Å². The summed E-state index contributed by atoms with van der Waals surface area (Å²) in [5.41, 5.74) is 3.35. The minimum atomic E-state index is 0.598. The second kappa shape index (κ2) is 19.3. The predicted octanol–water partition coefficient (Wildman–Crippen LogP) is 10.5. The Hall–Kier alpha value is -2.75. The highest BCUT2D eigenvalue weighted by Crippen LogP contribution is 2.28. The zero-order valence-electron chi connectivity index (χ0n) is 24.6. The number of nitrogens with zero attached hydrogens (tertiary/aromatic N) is 3. The lowest BCUT2D eigenvalue weighted by atomic mass is 9.94. The van der Waals surface area contributed by atoms with E-state index >= 15 is 0 Å². The largest absolute Gasteiger partial charge is 0.493 e. The fourth-order valence-electron chi connectivity index (χ4n) is 5.19.